The van der Waals surface area contributed by atoms with Crippen LogP contribution in [-0.4, -0.2) is 6.54 Å². The van der Waals surface area contributed by atoms with Crippen molar-refractivity contribution < 1.29 is 4.42 Å². The number of furan rings is 1. The molecule has 0 saturated carbocycles. The summed E-state index contributed by atoms with van der Waals surface area (Å²) in [6, 6.07) is 2.65. The molecule has 0 spiro atoms. The molecule has 2 rings (SSSR count). The summed E-state index contributed by atoms with van der Waals surface area (Å²) >= 11 is 0. The van der Waals surface area contributed by atoms with Crippen LogP contribution in [0.3, 0.4) is 0 Å². The van der Waals surface area contributed by atoms with Gasteiger partial charge in [-0.2, -0.15) is 0 Å². The van der Waals surface area contributed by atoms with Gasteiger partial charge in [0.1, 0.15) is 5.76 Å². The first-order valence-corrected chi connectivity index (χ1v) is 5.66. The number of hydrogen-bond acceptors (Lipinski definition) is 2. The molecule has 0 aliphatic carbocycles. The summed E-state index contributed by atoms with van der Waals surface area (Å²) in [5.41, 5.74) is 1.39. The average Bonchev–Trinajstić information content (AvgIpc) is 2.68. The summed E-state index contributed by atoms with van der Waals surface area (Å²) in [5.74, 6) is 1.94. The molecular formula is C12H19NO. The molecule has 1 unspecified atom stereocenters. The number of rotatable bonds is 3. The van der Waals surface area contributed by atoms with Crippen LogP contribution in [0.15, 0.2) is 16.7 Å². The highest BCUT2D eigenvalue weighted by Crippen LogP contribution is 2.32. The van der Waals surface area contributed by atoms with Crippen LogP contribution in [0.25, 0.3) is 0 Å². The van der Waals surface area contributed by atoms with Gasteiger partial charge in [0.2, 0.25) is 0 Å². The van der Waals surface area contributed by atoms with Gasteiger partial charge in [0.15, 0.2) is 0 Å². The van der Waals surface area contributed by atoms with Crippen LogP contribution < -0.4 is 5.32 Å². The Hall–Kier alpha value is -0.760. The van der Waals surface area contributed by atoms with Crippen LogP contribution in [0.5, 0.6) is 0 Å². The predicted molar refractivity (Wildman–Crippen MR) is 57.2 cm³/mol. The highest BCUT2D eigenvalue weighted by atomic mass is 16.3. The highest BCUT2D eigenvalue weighted by Gasteiger charge is 2.27. The maximum Gasteiger partial charge on any atom is 0.109 e. The lowest BCUT2D eigenvalue weighted by molar-refractivity contribution is 0.316. The van der Waals surface area contributed by atoms with Crippen LogP contribution in [0, 0.1) is 5.92 Å². The van der Waals surface area contributed by atoms with E-state index in [1.165, 1.54) is 24.2 Å². The van der Waals surface area contributed by atoms with Crippen molar-refractivity contribution in [3.63, 3.8) is 0 Å². The topological polar surface area (TPSA) is 25.2 Å². The summed E-state index contributed by atoms with van der Waals surface area (Å²) in [7, 11) is 0. The van der Waals surface area contributed by atoms with E-state index < -0.39 is 0 Å². The Balaban J connectivity index is 2.22. The van der Waals surface area contributed by atoms with Crippen LogP contribution in [-0.2, 0) is 6.42 Å². The Morgan fingerprint density at radius 1 is 1.50 bits per heavy atom. The second-order valence-corrected chi connectivity index (χ2v) is 4.06. The first-order chi connectivity index (χ1) is 6.86. The first kappa shape index (κ1) is 9.78. The first-order valence-electron chi connectivity index (χ1n) is 5.66. The second-order valence-electron chi connectivity index (χ2n) is 4.06. The Labute approximate surface area is 85.7 Å². The van der Waals surface area contributed by atoms with Gasteiger partial charge in [-0.15, -0.1) is 0 Å². The van der Waals surface area contributed by atoms with Gasteiger partial charge in [-0.3, -0.25) is 0 Å². The van der Waals surface area contributed by atoms with Crippen LogP contribution in [0.4, 0.5) is 0 Å². The van der Waals surface area contributed by atoms with Gasteiger partial charge >= 0.3 is 0 Å². The van der Waals surface area contributed by atoms with Gasteiger partial charge in [0.05, 0.1) is 6.26 Å². The molecule has 0 amide bonds. The fourth-order valence-corrected chi connectivity index (χ4v) is 2.46. The average molecular weight is 193 g/mol. The molecule has 1 aliphatic heterocycles. The summed E-state index contributed by atoms with van der Waals surface area (Å²) in [6.45, 7) is 5.59. The lowest BCUT2D eigenvalue weighted by Crippen LogP contribution is -2.33. The van der Waals surface area contributed by atoms with Crippen molar-refractivity contribution in [3.05, 3.63) is 23.7 Å². The van der Waals surface area contributed by atoms with Gasteiger partial charge in [0.25, 0.3) is 0 Å². The Morgan fingerprint density at radius 3 is 3.00 bits per heavy atom. The van der Waals surface area contributed by atoms with Crippen molar-refractivity contribution in [2.75, 3.05) is 6.54 Å². The largest absolute Gasteiger partial charge is 0.469 e. The minimum atomic E-state index is 0.521. The third-order valence-electron chi connectivity index (χ3n) is 3.35. The highest BCUT2D eigenvalue weighted by molar-refractivity contribution is 5.25. The normalized spacial score (nSPS) is 21.2. The van der Waals surface area contributed by atoms with Crippen LogP contribution >= 0.6 is 0 Å². The van der Waals surface area contributed by atoms with Gasteiger partial charge in [0, 0.05) is 24.6 Å². The Bertz CT molecular complexity index is 288. The molecule has 2 heterocycles. The molecule has 2 nitrogen and oxygen atoms in total. The van der Waals surface area contributed by atoms with E-state index in [9.17, 15) is 0 Å². The van der Waals surface area contributed by atoms with Gasteiger partial charge in [-0.1, -0.05) is 26.7 Å². The van der Waals surface area contributed by atoms with E-state index in [1.807, 2.05) is 6.26 Å². The van der Waals surface area contributed by atoms with Crippen molar-refractivity contribution in [1.82, 2.24) is 5.32 Å². The lowest BCUT2D eigenvalue weighted by Gasteiger charge is -2.29. The third-order valence-corrected chi connectivity index (χ3v) is 3.35. The number of hydrogen-bond donors (Lipinski definition) is 1. The van der Waals surface area contributed by atoms with Crippen molar-refractivity contribution in [2.45, 2.75) is 39.2 Å². The molecule has 78 valence electrons. The maximum absolute atomic E-state index is 5.49. The van der Waals surface area contributed by atoms with E-state index in [4.69, 9.17) is 4.42 Å². The molecule has 0 aromatic carbocycles. The van der Waals surface area contributed by atoms with Crippen molar-refractivity contribution >= 4 is 0 Å². The van der Waals surface area contributed by atoms with E-state index in [-0.39, 0.29) is 0 Å². The second kappa shape index (κ2) is 4.18. The molecule has 1 aromatic heterocycles. The van der Waals surface area contributed by atoms with Gasteiger partial charge in [-0.05, 0) is 12.0 Å². The molecule has 0 saturated heterocycles. The zero-order valence-electron chi connectivity index (χ0n) is 9.05. The maximum atomic E-state index is 5.49. The zero-order chi connectivity index (χ0) is 9.97. The molecule has 1 aromatic rings. The molecule has 1 N–H and O–H groups in total. The third kappa shape index (κ3) is 1.59. The van der Waals surface area contributed by atoms with Crippen molar-refractivity contribution in [3.8, 4) is 0 Å². The molecule has 0 bridgehead atoms. The van der Waals surface area contributed by atoms with E-state index in [0.29, 0.717) is 6.04 Å². The summed E-state index contributed by atoms with van der Waals surface area (Å²) in [4.78, 5) is 0. The standard InChI is InChI=1S/C12H19NO/c1-3-9(4-2)12-10-6-8-14-11(10)5-7-13-12/h6,8-9,12-13H,3-5,7H2,1-2H3. The number of nitrogens with one attached hydrogen (secondary N) is 1. The van der Waals surface area contributed by atoms with Crippen LogP contribution in [0.1, 0.15) is 44.1 Å². The van der Waals surface area contributed by atoms with E-state index in [2.05, 4.69) is 25.2 Å². The molecule has 0 fully saturated rings. The molecule has 1 aliphatic rings. The molecular weight excluding hydrogens is 174 g/mol. The molecule has 14 heavy (non-hydrogen) atoms. The lowest BCUT2D eigenvalue weighted by atomic mass is 9.86. The van der Waals surface area contributed by atoms with Gasteiger partial charge in [-0.25, -0.2) is 0 Å². The molecule has 2 heteroatoms. The van der Waals surface area contributed by atoms with E-state index in [0.717, 1.165) is 18.9 Å². The fourth-order valence-electron chi connectivity index (χ4n) is 2.46. The SMILES string of the molecule is CCC(CC)C1NCCc2occc21. The van der Waals surface area contributed by atoms with E-state index >= 15 is 0 Å². The Morgan fingerprint density at radius 2 is 2.29 bits per heavy atom. The monoisotopic (exact) mass is 193 g/mol. The molecule has 1 atom stereocenters. The molecule has 0 radical (unpaired) electrons. The summed E-state index contributed by atoms with van der Waals surface area (Å²) < 4.78 is 5.49. The summed E-state index contributed by atoms with van der Waals surface area (Å²) in [6.07, 6.45) is 5.34. The van der Waals surface area contributed by atoms with Crippen molar-refractivity contribution in [2.24, 2.45) is 5.92 Å². The van der Waals surface area contributed by atoms with Crippen LogP contribution in [0.2, 0.25) is 0 Å². The van der Waals surface area contributed by atoms with Gasteiger partial charge < -0.3 is 9.73 Å². The Kier molecular flexibility index (Phi) is 2.92. The number of fused-ring (bicyclic) bond motifs is 1. The smallest absolute Gasteiger partial charge is 0.109 e. The minimum Gasteiger partial charge on any atom is -0.469 e. The zero-order valence-corrected chi connectivity index (χ0v) is 9.05. The van der Waals surface area contributed by atoms with Crippen molar-refractivity contribution in [1.29, 1.82) is 0 Å². The predicted octanol–water partition coefficient (Wildman–Crippen LogP) is 2.90. The van der Waals surface area contributed by atoms with E-state index in [1.54, 1.807) is 0 Å². The fraction of sp³-hybridized carbons (Fsp3) is 0.667. The quantitative estimate of drug-likeness (QED) is 0.798. The summed E-state index contributed by atoms with van der Waals surface area (Å²) in [5, 5.41) is 3.60. The minimum absolute atomic E-state index is 0.521.